The predicted octanol–water partition coefficient (Wildman–Crippen LogP) is 5.15. The summed E-state index contributed by atoms with van der Waals surface area (Å²) in [7, 11) is 0. The second-order valence-corrected chi connectivity index (χ2v) is 9.20. The molecule has 9 heteroatoms. The van der Waals surface area contributed by atoms with Crippen LogP contribution in [0.2, 0.25) is 0 Å². The molecule has 1 aliphatic heterocycles. The number of fused-ring (bicyclic) bond motifs is 1. The Kier molecular flexibility index (Phi) is 6.56. The lowest BCUT2D eigenvalue weighted by Crippen LogP contribution is -2.46. The van der Waals surface area contributed by atoms with Crippen molar-refractivity contribution in [3.05, 3.63) is 28.3 Å². The highest BCUT2D eigenvalue weighted by Crippen LogP contribution is 2.30. The molecule has 2 heterocycles. The summed E-state index contributed by atoms with van der Waals surface area (Å²) in [4.78, 5) is 29.1. The van der Waals surface area contributed by atoms with Gasteiger partial charge in [0, 0.05) is 24.7 Å². The molecule has 1 aliphatic rings. The summed E-state index contributed by atoms with van der Waals surface area (Å²) in [6.45, 7) is 6.86. The highest BCUT2D eigenvalue weighted by Gasteiger charge is 2.30. The van der Waals surface area contributed by atoms with Gasteiger partial charge in [-0.3, -0.25) is 10.1 Å². The average Bonchev–Trinajstić information content (AvgIpc) is 3.06. The fourth-order valence-corrected chi connectivity index (χ4v) is 4.23. The Balaban J connectivity index is 1.51. The summed E-state index contributed by atoms with van der Waals surface area (Å²) in [5, 5.41) is 11.4. The number of carbonyl (C=O) groups excluding carboxylic acids is 1. The summed E-state index contributed by atoms with van der Waals surface area (Å²) in [6, 6.07) is 4.79. The van der Waals surface area contributed by atoms with Gasteiger partial charge >= 0.3 is 6.09 Å². The molecule has 2 aromatic rings. The minimum atomic E-state index is -0.496. The highest BCUT2D eigenvalue weighted by atomic mass is 32.1. The van der Waals surface area contributed by atoms with Crippen molar-refractivity contribution >= 4 is 33.3 Å². The van der Waals surface area contributed by atoms with E-state index in [1.165, 1.54) is 23.5 Å². The largest absolute Gasteiger partial charge is 0.470 e. The van der Waals surface area contributed by atoms with Gasteiger partial charge in [0.25, 0.3) is 10.9 Å². The number of thiazole rings is 1. The smallest absolute Gasteiger partial charge is 0.410 e. The summed E-state index contributed by atoms with van der Waals surface area (Å²) in [5.41, 5.74) is 0.0980. The average molecular weight is 422 g/mol. The molecule has 1 aromatic carbocycles. The first kappa shape index (κ1) is 21.3. The minimum absolute atomic E-state index is 0.0221. The van der Waals surface area contributed by atoms with Crippen molar-refractivity contribution in [2.45, 2.75) is 64.5 Å². The molecular formula is C20H27N3O5S. The number of hydrogen-bond donors (Lipinski definition) is 0. The number of nitrogens with zero attached hydrogens (tertiary/aromatic N) is 3. The van der Waals surface area contributed by atoms with E-state index in [-0.39, 0.29) is 17.8 Å². The van der Waals surface area contributed by atoms with Crippen LogP contribution in [-0.4, -0.2) is 45.7 Å². The van der Waals surface area contributed by atoms with Crippen LogP contribution in [-0.2, 0) is 4.74 Å². The van der Waals surface area contributed by atoms with Gasteiger partial charge in [-0.1, -0.05) is 11.3 Å². The number of non-ortho nitro benzene ring substituents is 1. The second kappa shape index (κ2) is 8.94. The van der Waals surface area contributed by atoms with Crippen LogP contribution < -0.4 is 4.74 Å². The van der Waals surface area contributed by atoms with E-state index in [1.807, 2.05) is 25.7 Å². The molecular weight excluding hydrogens is 394 g/mol. The van der Waals surface area contributed by atoms with Crippen LogP contribution in [0.15, 0.2) is 18.2 Å². The predicted molar refractivity (Wildman–Crippen MR) is 112 cm³/mol. The molecule has 1 saturated heterocycles. The van der Waals surface area contributed by atoms with Crippen molar-refractivity contribution in [3.8, 4) is 5.19 Å². The molecule has 0 unspecified atom stereocenters. The third-order valence-corrected chi connectivity index (χ3v) is 5.67. The Labute approximate surface area is 174 Å². The fraction of sp³-hybridized carbons (Fsp3) is 0.600. The number of hydrogen-bond acceptors (Lipinski definition) is 7. The summed E-state index contributed by atoms with van der Waals surface area (Å²) >= 11 is 1.38. The van der Waals surface area contributed by atoms with Crippen LogP contribution in [0.25, 0.3) is 10.2 Å². The van der Waals surface area contributed by atoms with Crippen molar-refractivity contribution in [1.29, 1.82) is 0 Å². The van der Waals surface area contributed by atoms with Gasteiger partial charge in [0.1, 0.15) is 5.60 Å². The van der Waals surface area contributed by atoms with Crippen LogP contribution in [0.3, 0.4) is 0 Å². The van der Waals surface area contributed by atoms with Gasteiger partial charge in [0.15, 0.2) is 0 Å². The zero-order valence-corrected chi connectivity index (χ0v) is 17.9. The van der Waals surface area contributed by atoms with E-state index in [0.29, 0.717) is 17.3 Å². The summed E-state index contributed by atoms with van der Waals surface area (Å²) < 4.78 is 12.2. The van der Waals surface area contributed by atoms with Gasteiger partial charge in [0.2, 0.25) is 0 Å². The van der Waals surface area contributed by atoms with Gasteiger partial charge in [-0.2, -0.15) is 0 Å². The number of rotatable bonds is 6. The SMILES string of the molecule is CC(C)(C)OC(=O)N1CCCC[C@H]1CCCOc1nc2cc([N+](=O)[O-])ccc2s1. The van der Waals surface area contributed by atoms with Crippen LogP contribution in [0.1, 0.15) is 52.9 Å². The van der Waals surface area contributed by atoms with Gasteiger partial charge in [-0.05, 0) is 58.9 Å². The van der Waals surface area contributed by atoms with Crippen molar-refractivity contribution in [2.75, 3.05) is 13.2 Å². The van der Waals surface area contributed by atoms with Crippen molar-refractivity contribution < 1.29 is 19.2 Å². The molecule has 0 spiro atoms. The van der Waals surface area contributed by atoms with Gasteiger partial charge in [-0.25, -0.2) is 9.78 Å². The van der Waals surface area contributed by atoms with E-state index in [9.17, 15) is 14.9 Å². The number of nitro groups is 1. The molecule has 1 amide bonds. The molecule has 0 radical (unpaired) electrons. The second-order valence-electron chi connectivity index (χ2n) is 8.20. The highest BCUT2D eigenvalue weighted by molar-refractivity contribution is 7.20. The third-order valence-electron chi connectivity index (χ3n) is 4.72. The van der Waals surface area contributed by atoms with Gasteiger partial charge in [0.05, 0.1) is 21.7 Å². The lowest BCUT2D eigenvalue weighted by molar-refractivity contribution is -0.384. The molecule has 29 heavy (non-hydrogen) atoms. The number of piperidine rings is 1. The first-order valence-electron chi connectivity index (χ1n) is 9.90. The van der Waals surface area contributed by atoms with E-state index in [2.05, 4.69) is 4.98 Å². The Morgan fingerprint density at radius 3 is 2.90 bits per heavy atom. The fourth-order valence-electron chi connectivity index (χ4n) is 3.41. The summed E-state index contributed by atoms with van der Waals surface area (Å²) in [5.74, 6) is 0. The number of benzene rings is 1. The maximum absolute atomic E-state index is 12.5. The first-order valence-corrected chi connectivity index (χ1v) is 10.7. The van der Waals surface area contributed by atoms with E-state index < -0.39 is 10.5 Å². The molecule has 0 saturated carbocycles. The van der Waals surface area contributed by atoms with Crippen molar-refractivity contribution in [2.24, 2.45) is 0 Å². The monoisotopic (exact) mass is 421 g/mol. The maximum Gasteiger partial charge on any atom is 0.410 e. The molecule has 1 fully saturated rings. The van der Waals surface area contributed by atoms with Crippen LogP contribution in [0.4, 0.5) is 10.5 Å². The summed E-state index contributed by atoms with van der Waals surface area (Å²) in [6.07, 6.45) is 4.49. The molecule has 3 rings (SSSR count). The first-order chi connectivity index (χ1) is 13.7. The maximum atomic E-state index is 12.5. The Hall–Kier alpha value is -2.42. The number of nitro benzene ring substituents is 1. The Bertz CT molecular complexity index is 877. The topological polar surface area (TPSA) is 94.8 Å². The standard InChI is InChI=1S/C20H27N3O5S/c1-20(2,3)28-19(24)22-11-5-4-7-14(22)8-6-12-27-18-21-16-13-15(23(25)26)9-10-17(16)29-18/h9-10,13-14H,4-8,11-12H2,1-3H3/t14-/m0/s1. The molecule has 158 valence electrons. The lowest BCUT2D eigenvalue weighted by Gasteiger charge is -2.36. The van der Waals surface area contributed by atoms with Crippen LogP contribution in [0.5, 0.6) is 5.19 Å². The number of carbonyl (C=O) groups is 1. The van der Waals surface area contributed by atoms with Gasteiger partial charge < -0.3 is 14.4 Å². The quantitative estimate of drug-likeness (QED) is 0.363. The normalized spacial score (nSPS) is 17.3. The van der Waals surface area contributed by atoms with E-state index in [1.54, 1.807) is 6.07 Å². The molecule has 1 atom stereocenters. The number of ether oxygens (including phenoxy) is 2. The number of amides is 1. The molecule has 0 aliphatic carbocycles. The van der Waals surface area contributed by atoms with E-state index in [0.717, 1.165) is 43.3 Å². The molecule has 8 nitrogen and oxygen atoms in total. The Morgan fingerprint density at radius 2 is 2.17 bits per heavy atom. The van der Waals surface area contributed by atoms with Crippen LogP contribution >= 0.6 is 11.3 Å². The van der Waals surface area contributed by atoms with Crippen molar-refractivity contribution in [3.63, 3.8) is 0 Å². The minimum Gasteiger partial charge on any atom is -0.470 e. The zero-order valence-electron chi connectivity index (χ0n) is 17.1. The molecule has 0 N–H and O–H groups in total. The molecule has 1 aromatic heterocycles. The van der Waals surface area contributed by atoms with E-state index >= 15 is 0 Å². The molecule has 0 bridgehead atoms. The lowest BCUT2D eigenvalue weighted by atomic mass is 9.98. The number of aromatic nitrogens is 1. The van der Waals surface area contributed by atoms with E-state index in [4.69, 9.17) is 9.47 Å². The Morgan fingerprint density at radius 1 is 1.38 bits per heavy atom. The number of likely N-dealkylation sites (tertiary alicyclic amines) is 1. The third kappa shape index (κ3) is 5.79. The zero-order chi connectivity index (χ0) is 21.0. The van der Waals surface area contributed by atoms with Crippen molar-refractivity contribution in [1.82, 2.24) is 9.88 Å². The van der Waals surface area contributed by atoms with Crippen LogP contribution in [0, 0.1) is 10.1 Å². The van der Waals surface area contributed by atoms with Gasteiger partial charge in [-0.15, -0.1) is 0 Å².